The molecule has 0 bridgehead atoms. The van der Waals surface area contributed by atoms with Gasteiger partial charge in [0.25, 0.3) is 0 Å². The van der Waals surface area contributed by atoms with E-state index in [0.717, 1.165) is 0 Å². The van der Waals surface area contributed by atoms with Gasteiger partial charge in [0.05, 0.1) is 30.4 Å². The summed E-state index contributed by atoms with van der Waals surface area (Å²) in [4.78, 5) is 10.2. The highest BCUT2D eigenvalue weighted by Gasteiger charge is 2.42. The second-order valence-corrected chi connectivity index (χ2v) is 7.27. The van der Waals surface area contributed by atoms with Crippen molar-refractivity contribution in [2.45, 2.75) is 51.5 Å². The Kier molecular flexibility index (Phi) is 7.24. The third kappa shape index (κ3) is 5.37. The maximum atomic E-state index is 10.8. The van der Waals surface area contributed by atoms with E-state index >= 15 is 0 Å². The molecule has 150 valence electrons. The van der Waals surface area contributed by atoms with Crippen molar-refractivity contribution in [1.82, 2.24) is 5.32 Å². The van der Waals surface area contributed by atoms with E-state index in [4.69, 9.17) is 14.2 Å². The number of aliphatic hydroxyl groups is 1. The van der Waals surface area contributed by atoms with Gasteiger partial charge in [-0.1, -0.05) is 0 Å². The summed E-state index contributed by atoms with van der Waals surface area (Å²) >= 11 is 0. The molecule has 0 aromatic heterocycles. The van der Waals surface area contributed by atoms with Crippen LogP contribution >= 0.6 is 0 Å². The highest BCUT2D eigenvalue weighted by atomic mass is 16.5. The summed E-state index contributed by atoms with van der Waals surface area (Å²) in [7, 11) is 0. The van der Waals surface area contributed by atoms with E-state index in [0.29, 0.717) is 22.6 Å². The van der Waals surface area contributed by atoms with Crippen molar-refractivity contribution in [2.75, 3.05) is 13.2 Å². The zero-order valence-electron chi connectivity index (χ0n) is 16.6. The second kappa shape index (κ2) is 9.43. The number of hydrogen-bond acceptors (Lipinski definition) is 7. The number of nitrogens with zero attached hydrogens (tertiary/aromatic N) is 1. The van der Waals surface area contributed by atoms with Gasteiger partial charge in [-0.25, -0.2) is 4.79 Å². The minimum Gasteiger partial charge on any atom is -0.491 e. The van der Waals surface area contributed by atoms with E-state index in [1.807, 2.05) is 13.8 Å². The highest BCUT2D eigenvalue weighted by molar-refractivity contribution is 5.46. The molecule has 0 saturated heterocycles. The molecule has 7 heteroatoms. The largest absolute Gasteiger partial charge is 0.491 e. The van der Waals surface area contributed by atoms with Gasteiger partial charge in [-0.2, -0.15) is 5.26 Å². The minimum atomic E-state index is -0.871. The number of nitriles is 1. The number of carbonyl (C=O) groups excluding carboxylic acids is 1. The summed E-state index contributed by atoms with van der Waals surface area (Å²) in [5, 5.41) is 23.2. The summed E-state index contributed by atoms with van der Waals surface area (Å²) in [5.74, 6) is 2.78. The van der Waals surface area contributed by atoms with Crippen LogP contribution in [-0.2, 0) is 14.3 Å². The van der Waals surface area contributed by atoms with Gasteiger partial charge >= 0.3 is 0 Å². The Labute approximate surface area is 165 Å². The molecule has 1 aromatic rings. The first-order valence-electron chi connectivity index (χ1n) is 9.08. The summed E-state index contributed by atoms with van der Waals surface area (Å²) in [6.07, 6.45) is 1.93. The minimum absolute atomic E-state index is 0.0770. The molecule has 0 spiro atoms. The van der Waals surface area contributed by atoms with E-state index in [-0.39, 0.29) is 19.3 Å². The number of fused-ring (bicyclic) bond motifs is 1. The molecule has 2 rings (SSSR count). The first-order valence-corrected chi connectivity index (χ1v) is 9.08. The van der Waals surface area contributed by atoms with Crippen LogP contribution in [0.1, 0.15) is 44.9 Å². The lowest BCUT2D eigenvalue weighted by molar-refractivity contribution is -0.0624. The fourth-order valence-electron chi connectivity index (χ4n) is 2.90. The zero-order valence-corrected chi connectivity index (χ0v) is 16.6. The van der Waals surface area contributed by atoms with Gasteiger partial charge in [0, 0.05) is 17.8 Å². The van der Waals surface area contributed by atoms with Gasteiger partial charge in [-0.15, -0.1) is 0 Å². The average Bonchev–Trinajstić information content (AvgIpc) is 2.64. The molecule has 1 aliphatic rings. The van der Waals surface area contributed by atoms with Gasteiger partial charge in [0.15, 0.2) is 0 Å². The summed E-state index contributed by atoms with van der Waals surface area (Å²) < 4.78 is 17.0. The van der Waals surface area contributed by atoms with Crippen LogP contribution in [0, 0.1) is 11.3 Å². The Balaban J connectivity index is 2.28. The molecule has 1 aromatic carbocycles. The number of nitrogens with one attached hydrogen (secondary N) is 1. The summed E-state index contributed by atoms with van der Waals surface area (Å²) in [6, 6.07) is 6.72. The molecule has 0 unspecified atom stereocenters. The Morgan fingerprint density at radius 1 is 1.46 bits per heavy atom. The molecular formula is C21H26N2O5. The lowest BCUT2D eigenvalue weighted by Crippen LogP contribution is -2.51. The van der Waals surface area contributed by atoms with E-state index in [1.54, 1.807) is 44.2 Å². The maximum absolute atomic E-state index is 10.8. The molecule has 2 atom stereocenters. The van der Waals surface area contributed by atoms with Crippen LogP contribution in [-0.4, -0.2) is 42.1 Å². The topological polar surface area (TPSA) is 101 Å². The first kappa shape index (κ1) is 21.5. The first-order chi connectivity index (χ1) is 13.3. The quantitative estimate of drug-likeness (QED) is 0.402. The van der Waals surface area contributed by atoms with Crippen molar-refractivity contribution in [3.63, 3.8) is 0 Å². The number of aliphatic hydroxyl groups excluding tert-OH is 1. The molecule has 0 radical (unpaired) electrons. The fourth-order valence-corrected chi connectivity index (χ4v) is 2.90. The highest BCUT2D eigenvalue weighted by Crippen LogP contribution is 2.40. The molecular weight excluding hydrogens is 360 g/mol. The smallest absolute Gasteiger partial charge is 0.138 e. The number of ether oxygens (including phenoxy) is 3. The number of hydrogen-bond donors (Lipinski definition) is 2. The molecule has 0 fully saturated rings. The van der Waals surface area contributed by atoms with E-state index in [2.05, 4.69) is 11.4 Å². The Morgan fingerprint density at radius 3 is 2.86 bits per heavy atom. The Morgan fingerprint density at radius 2 is 2.21 bits per heavy atom. The maximum Gasteiger partial charge on any atom is 0.138 e. The third-order valence-electron chi connectivity index (χ3n) is 4.21. The second-order valence-electron chi connectivity index (χ2n) is 7.27. The molecule has 2 N–H and O–H groups in total. The zero-order chi connectivity index (χ0) is 20.7. The molecule has 0 amide bonds. The van der Waals surface area contributed by atoms with Gasteiger partial charge in [-0.3, -0.25) is 0 Å². The predicted molar refractivity (Wildman–Crippen MR) is 103 cm³/mol. The average molecular weight is 386 g/mol. The van der Waals surface area contributed by atoms with Crippen molar-refractivity contribution < 1.29 is 24.1 Å². The number of benzene rings is 1. The normalized spacial score (nSPS) is 20.4. The fraction of sp³-hybridized carbons (Fsp3) is 0.476. The van der Waals surface area contributed by atoms with Crippen molar-refractivity contribution in [3.8, 4) is 11.8 Å². The Bertz CT molecular complexity index is 804. The Hall–Kier alpha value is -2.78. The van der Waals surface area contributed by atoms with Gasteiger partial charge in [0.1, 0.15) is 35.8 Å². The van der Waals surface area contributed by atoms with Crippen LogP contribution in [0.4, 0.5) is 0 Å². The molecule has 7 nitrogen and oxygen atoms in total. The van der Waals surface area contributed by atoms with Crippen molar-refractivity contribution in [3.05, 3.63) is 47.4 Å². The standard InChI is InChI=1S/C21H26N2O5/c1-14(2)27-16(13-26-9-5-8-24)12-23-19-17-10-15(11-22)6-7-18(17)28-21(3,4)20(19)25/h5-7,10,12,14,19-20,23,25H,9,13H2,1-4H3/b16-12+/t19-,20+/m1/s1. The van der Waals surface area contributed by atoms with Crippen LogP contribution in [0.5, 0.6) is 5.75 Å². The van der Waals surface area contributed by atoms with Crippen LogP contribution in [0.15, 0.2) is 36.2 Å². The predicted octanol–water partition coefficient (Wildman–Crippen LogP) is 2.39. The lowest BCUT2D eigenvalue weighted by atomic mass is 9.86. The molecule has 28 heavy (non-hydrogen) atoms. The molecule has 0 aliphatic carbocycles. The lowest BCUT2D eigenvalue weighted by Gasteiger charge is -2.42. The summed E-state index contributed by atoms with van der Waals surface area (Å²) in [5.41, 5.74) is 0.347. The van der Waals surface area contributed by atoms with Crippen LogP contribution < -0.4 is 10.1 Å². The third-order valence-corrected chi connectivity index (χ3v) is 4.21. The van der Waals surface area contributed by atoms with E-state index in [9.17, 15) is 15.2 Å². The van der Waals surface area contributed by atoms with Crippen LogP contribution in [0.2, 0.25) is 0 Å². The number of rotatable bonds is 8. The monoisotopic (exact) mass is 386 g/mol. The van der Waals surface area contributed by atoms with Gasteiger partial charge in [0.2, 0.25) is 0 Å². The van der Waals surface area contributed by atoms with Crippen LogP contribution in [0.25, 0.3) is 0 Å². The summed E-state index contributed by atoms with van der Waals surface area (Å²) in [6.45, 7) is 7.66. The van der Waals surface area contributed by atoms with Crippen molar-refractivity contribution >= 4 is 5.94 Å². The van der Waals surface area contributed by atoms with Gasteiger partial charge in [-0.05, 0) is 45.9 Å². The van der Waals surface area contributed by atoms with Crippen molar-refractivity contribution in [2.24, 2.45) is 0 Å². The molecule has 1 heterocycles. The van der Waals surface area contributed by atoms with Crippen molar-refractivity contribution in [1.29, 1.82) is 5.26 Å². The van der Waals surface area contributed by atoms with Crippen LogP contribution in [0.3, 0.4) is 0 Å². The van der Waals surface area contributed by atoms with Gasteiger partial charge < -0.3 is 24.6 Å². The van der Waals surface area contributed by atoms with E-state index < -0.39 is 17.7 Å². The molecule has 0 saturated carbocycles. The molecule has 1 aliphatic heterocycles. The SMILES string of the molecule is CC(C)O/C(=C/N[C@@H]1c2cc(C#N)ccc2OC(C)(C)[C@H]1O)COCC=C=O. The van der Waals surface area contributed by atoms with E-state index in [1.165, 1.54) is 6.08 Å².